The van der Waals surface area contributed by atoms with Crippen molar-refractivity contribution >= 4 is 35.0 Å². The number of anilines is 1. The summed E-state index contributed by atoms with van der Waals surface area (Å²) in [5.74, 6) is -0.218. The minimum atomic E-state index is -0.713. The summed E-state index contributed by atoms with van der Waals surface area (Å²) in [6.45, 7) is 5.98. The Kier molecular flexibility index (Phi) is 9.68. The van der Waals surface area contributed by atoms with E-state index >= 15 is 0 Å². The average molecular weight is 629 g/mol. The van der Waals surface area contributed by atoms with Crippen LogP contribution < -0.4 is 15.5 Å². The van der Waals surface area contributed by atoms with Crippen molar-refractivity contribution in [1.29, 1.82) is 0 Å². The molecule has 6 rings (SSSR count). The second-order valence-electron chi connectivity index (χ2n) is 12.2. The van der Waals surface area contributed by atoms with Crippen molar-refractivity contribution in [3.8, 4) is 0 Å². The Balaban J connectivity index is 1.13. The molecule has 9 nitrogen and oxygen atoms in total. The van der Waals surface area contributed by atoms with Gasteiger partial charge in [-0.3, -0.25) is 14.4 Å². The molecule has 0 radical (unpaired) electrons. The number of nitrogens with one attached hydrogen (secondary N) is 2. The summed E-state index contributed by atoms with van der Waals surface area (Å²) in [5, 5.41) is 7.05. The zero-order valence-electron chi connectivity index (χ0n) is 25.8. The van der Waals surface area contributed by atoms with Gasteiger partial charge in [-0.05, 0) is 54.4 Å². The predicted molar refractivity (Wildman–Crippen MR) is 176 cm³/mol. The number of amides is 3. The van der Waals surface area contributed by atoms with Crippen molar-refractivity contribution in [1.82, 2.24) is 25.3 Å². The maximum Gasteiger partial charge on any atom is 0.256 e. The summed E-state index contributed by atoms with van der Waals surface area (Å²) >= 11 is 6.12. The first-order valence-corrected chi connectivity index (χ1v) is 16.2. The second-order valence-corrected chi connectivity index (χ2v) is 12.7. The van der Waals surface area contributed by atoms with E-state index in [-0.39, 0.29) is 17.7 Å². The van der Waals surface area contributed by atoms with E-state index in [1.165, 1.54) is 5.56 Å². The lowest BCUT2D eigenvalue weighted by Gasteiger charge is -2.39. The van der Waals surface area contributed by atoms with Crippen LogP contribution in [0.2, 0.25) is 5.02 Å². The fraction of sp³-hybridized carbons (Fsp3) is 0.400. The molecule has 3 aromatic rings. The second kappa shape index (κ2) is 14.0. The van der Waals surface area contributed by atoms with Gasteiger partial charge < -0.3 is 30.2 Å². The summed E-state index contributed by atoms with van der Waals surface area (Å²) in [5.41, 5.74) is 4.88. The van der Waals surface area contributed by atoms with Crippen LogP contribution in [0.25, 0.3) is 0 Å². The number of benzene rings is 3. The molecule has 3 aliphatic heterocycles. The molecule has 2 unspecified atom stereocenters. The van der Waals surface area contributed by atoms with Crippen LogP contribution in [0.4, 0.5) is 5.69 Å². The summed E-state index contributed by atoms with van der Waals surface area (Å²) in [6.07, 6.45) is 0.947. The number of piperazine rings is 2. The molecule has 2 saturated heterocycles. The maximum atomic E-state index is 14.0. The summed E-state index contributed by atoms with van der Waals surface area (Å²) in [7, 11) is 2.08. The van der Waals surface area contributed by atoms with Crippen molar-refractivity contribution in [2.45, 2.75) is 31.5 Å². The first-order chi connectivity index (χ1) is 21.9. The van der Waals surface area contributed by atoms with Crippen LogP contribution in [-0.2, 0) is 29.0 Å². The topological polar surface area (TPSA) is 88.2 Å². The van der Waals surface area contributed by atoms with Crippen LogP contribution in [0.5, 0.6) is 0 Å². The van der Waals surface area contributed by atoms with E-state index in [4.69, 9.17) is 11.6 Å². The zero-order chi connectivity index (χ0) is 31.3. The highest BCUT2D eigenvalue weighted by Crippen LogP contribution is 2.25. The molecule has 0 bridgehead atoms. The molecule has 3 heterocycles. The van der Waals surface area contributed by atoms with Gasteiger partial charge in [0.05, 0.1) is 11.6 Å². The van der Waals surface area contributed by atoms with E-state index in [9.17, 15) is 14.4 Å². The van der Waals surface area contributed by atoms with Gasteiger partial charge in [0.15, 0.2) is 0 Å². The van der Waals surface area contributed by atoms with E-state index < -0.39 is 12.1 Å². The van der Waals surface area contributed by atoms with Gasteiger partial charge >= 0.3 is 0 Å². The molecule has 3 aromatic carbocycles. The van der Waals surface area contributed by atoms with Gasteiger partial charge in [-0.15, -0.1) is 0 Å². The number of para-hydroxylation sites is 1. The molecule has 10 heteroatoms. The van der Waals surface area contributed by atoms with Gasteiger partial charge in [0, 0.05) is 76.0 Å². The van der Waals surface area contributed by atoms with E-state index in [0.29, 0.717) is 56.2 Å². The quantitative estimate of drug-likeness (QED) is 0.419. The normalized spacial score (nSPS) is 19.5. The van der Waals surface area contributed by atoms with E-state index in [1.54, 1.807) is 12.1 Å². The molecule has 0 aromatic heterocycles. The number of carbonyl (C=O) groups excluding carboxylic acids is 3. The van der Waals surface area contributed by atoms with Crippen molar-refractivity contribution in [2.24, 2.45) is 0 Å². The number of likely N-dealkylation sites (N-methyl/N-ethyl adjacent to an activating group) is 1. The van der Waals surface area contributed by atoms with Crippen LogP contribution in [0.1, 0.15) is 27.0 Å². The zero-order valence-corrected chi connectivity index (χ0v) is 26.5. The van der Waals surface area contributed by atoms with E-state index in [2.05, 4.69) is 39.6 Å². The van der Waals surface area contributed by atoms with Crippen LogP contribution in [-0.4, -0.2) is 104 Å². The molecule has 0 aliphatic carbocycles. The SMILES string of the molecule is CN1CCN(C(=O)c2ccccc2N2CCN(C(=O)C(Cc3ccc(Cl)cc3)NC(=O)C3Cc4ccccc4CN3)CC2)CC1. The smallest absolute Gasteiger partial charge is 0.256 e. The van der Waals surface area contributed by atoms with E-state index in [1.807, 2.05) is 58.3 Å². The number of carbonyl (C=O) groups is 3. The molecular formula is C35H41ClN6O3. The fourth-order valence-electron chi connectivity index (χ4n) is 6.47. The standard InChI is InChI=1S/C35H41ClN6O3/c1-39-14-16-41(17-15-39)34(44)29-8-4-5-9-32(29)40-18-20-42(21-19-40)35(45)31(22-25-10-12-28(36)13-11-25)38-33(43)30-23-26-6-2-3-7-27(26)24-37-30/h2-13,30-31,37H,14-24H2,1H3,(H,38,43). The number of halogens is 1. The molecule has 2 N–H and O–H groups in total. The molecule has 3 amide bonds. The number of fused-ring (bicyclic) bond motifs is 1. The molecule has 3 aliphatic rings. The van der Waals surface area contributed by atoms with Gasteiger partial charge in [0.25, 0.3) is 5.91 Å². The Morgan fingerprint density at radius 2 is 1.47 bits per heavy atom. The van der Waals surface area contributed by atoms with Crippen molar-refractivity contribution in [3.05, 3.63) is 100 Å². The van der Waals surface area contributed by atoms with Gasteiger partial charge in [-0.1, -0.05) is 60.1 Å². The molecular weight excluding hydrogens is 588 g/mol. The third kappa shape index (κ3) is 7.32. The van der Waals surface area contributed by atoms with Crippen molar-refractivity contribution in [3.63, 3.8) is 0 Å². The first-order valence-electron chi connectivity index (χ1n) is 15.8. The Morgan fingerprint density at radius 3 is 2.20 bits per heavy atom. The fourth-order valence-corrected chi connectivity index (χ4v) is 6.59. The molecule has 0 spiro atoms. The molecule has 2 atom stereocenters. The first kappa shape index (κ1) is 31.1. The van der Waals surface area contributed by atoms with E-state index in [0.717, 1.165) is 43.0 Å². The minimum Gasteiger partial charge on any atom is -0.367 e. The molecule has 2 fully saturated rings. The van der Waals surface area contributed by atoms with Crippen LogP contribution in [0.15, 0.2) is 72.8 Å². The highest BCUT2D eigenvalue weighted by molar-refractivity contribution is 6.30. The number of rotatable bonds is 7. The molecule has 45 heavy (non-hydrogen) atoms. The number of hydrogen-bond donors (Lipinski definition) is 2. The lowest BCUT2D eigenvalue weighted by molar-refractivity contribution is -0.137. The minimum absolute atomic E-state index is 0.0573. The Bertz CT molecular complexity index is 1520. The average Bonchev–Trinajstić information content (AvgIpc) is 3.08. The monoisotopic (exact) mass is 628 g/mol. The lowest BCUT2D eigenvalue weighted by atomic mass is 9.95. The molecule has 0 saturated carbocycles. The van der Waals surface area contributed by atoms with Crippen molar-refractivity contribution < 1.29 is 14.4 Å². The van der Waals surface area contributed by atoms with Gasteiger partial charge in [-0.25, -0.2) is 0 Å². The predicted octanol–water partition coefficient (Wildman–Crippen LogP) is 2.82. The Morgan fingerprint density at radius 1 is 0.822 bits per heavy atom. The highest BCUT2D eigenvalue weighted by atomic mass is 35.5. The van der Waals surface area contributed by atoms with Crippen LogP contribution in [0.3, 0.4) is 0 Å². The largest absolute Gasteiger partial charge is 0.367 e. The maximum absolute atomic E-state index is 14.0. The highest BCUT2D eigenvalue weighted by Gasteiger charge is 2.33. The Labute approximate surface area is 270 Å². The third-order valence-electron chi connectivity index (χ3n) is 9.22. The molecule has 236 valence electrons. The number of hydrogen-bond acceptors (Lipinski definition) is 6. The summed E-state index contributed by atoms with van der Waals surface area (Å²) in [4.78, 5) is 49.2. The van der Waals surface area contributed by atoms with Crippen LogP contribution in [0, 0.1) is 0 Å². The Hall–Kier alpha value is -3.92. The van der Waals surface area contributed by atoms with Gasteiger partial charge in [-0.2, -0.15) is 0 Å². The van der Waals surface area contributed by atoms with Gasteiger partial charge in [0.2, 0.25) is 11.8 Å². The van der Waals surface area contributed by atoms with Crippen molar-refractivity contribution in [2.75, 3.05) is 64.3 Å². The van der Waals surface area contributed by atoms with Crippen LogP contribution >= 0.6 is 11.6 Å². The third-order valence-corrected chi connectivity index (χ3v) is 9.47. The lowest BCUT2D eigenvalue weighted by Crippen LogP contribution is -2.58. The summed E-state index contributed by atoms with van der Waals surface area (Å²) in [6, 6.07) is 22.2. The van der Waals surface area contributed by atoms with Gasteiger partial charge in [0.1, 0.15) is 6.04 Å². The summed E-state index contributed by atoms with van der Waals surface area (Å²) < 4.78 is 0. The number of nitrogens with zero attached hydrogens (tertiary/aromatic N) is 4.